The summed E-state index contributed by atoms with van der Waals surface area (Å²) in [6, 6.07) is 7.83. The first kappa shape index (κ1) is 11.2. The predicted molar refractivity (Wildman–Crippen MR) is 71.3 cm³/mol. The molecule has 4 heteroatoms. The Morgan fingerprint density at radius 2 is 2.33 bits per heavy atom. The molecule has 0 aliphatic carbocycles. The van der Waals surface area contributed by atoms with Gasteiger partial charge in [-0.3, -0.25) is 9.78 Å². The van der Waals surface area contributed by atoms with Crippen molar-refractivity contribution in [3.63, 3.8) is 0 Å². The summed E-state index contributed by atoms with van der Waals surface area (Å²) < 4.78 is 0. The molecule has 1 aliphatic rings. The van der Waals surface area contributed by atoms with Crippen LogP contribution in [-0.4, -0.2) is 24.0 Å². The monoisotopic (exact) mass is 241 g/mol. The topological polar surface area (TPSA) is 54.0 Å². The molecule has 1 saturated heterocycles. The maximum absolute atomic E-state index is 12.1. The van der Waals surface area contributed by atoms with Crippen LogP contribution in [-0.2, 0) is 4.79 Å². The van der Waals surface area contributed by atoms with Crippen molar-refractivity contribution in [3.05, 3.63) is 36.7 Å². The summed E-state index contributed by atoms with van der Waals surface area (Å²) in [5.41, 5.74) is 0.845. The van der Waals surface area contributed by atoms with Crippen molar-refractivity contribution < 1.29 is 4.79 Å². The van der Waals surface area contributed by atoms with E-state index in [1.807, 2.05) is 24.3 Å². The summed E-state index contributed by atoms with van der Waals surface area (Å²) in [7, 11) is 0. The average Bonchev–Trinajstić information content (AvgIpc) is 2.93. The maximum atomic E-state index is 12.1. The fourth-order valence-corrected chi connectivity index (χ4v) is 2.34. The number of nitrogens with one attached hydrogen (secondary N) is 2. The number of nitrogens with zero attached hydrogens (tertiary/aromatic N) is 1. The average molecular weight is 241 g/mol. The molecule has 1 fully saturated rings. The molecule has 1 unspecified atom stereocenters. The molecule has 18 heavy (non-hydrogen) atoms. The quantitative estimate of drug-likeness (QED) is 0.842. The first-order valence-electron chi connectivity index (χ1n) is 6.19. The van der Waals surface area contributed by atoms with Crippen molar-refractivity contribution in [3.8, 4) is 0 Å². The number of hydrogen-bond acceptors (Lipinski definition) is 3. The van der Waals surface area contributed by atoms with Gasteiger partial charge in [-0.2, -0.15) is 0 Å². The minimum absolute atomic E-state index is 0.0805. The lowest BCUT2D eigenvalue weighted by atomic mass is 10.1. The van der Waals surface area contributed by atoms with E-state index in [2.05, 4.69) is 15.6 Å². The zero-order chi connectivity index (χ0) is 12.4. The number of carbonyl (C=O) groups excluding carboxylic acids is 1. The minimum Gasteiger partial charge on any atom is -0.325 e. The number of amides is 1. The molecule has 0 radical (unpaired) electrons. The third kappa shape index (κ3) is 2.07. The second-order valence-electron chi connectivity index (χ2n) is 4.58. The number of benzene rings is 1. The fourth-order valence-electron chi connectivity index (χ4n) is 2.34. The van der Waals surface area contributed by atoms with E-state index in [1.165, 1.54) is 0 Å². The van der Waals surface area contributed by atoms with Gasteiger partial charge in [-0.15, -0.1) is 0 Å². The van der Waals surface area contributed by atoms with Crippen molar-refractivity contribution in [2.75, 3.05) is 18.4 Å². The first-order chi connectivity index (χ1) is 8.84. The van der Waals surface area contributed by atoms with Crippen LogP contribution in [0.25, 0.3) is 10.8 Å². The molecule has 0 saturated carbocycles. The predicted octanol–water partition coefficient (Wildman–Crippen LogP) is 1.78. The van der Waals surface area contributed by atoms with E-state index in [0.717, 1.165) is 36.0 Å². The molecule has 1 aromatic carbocycles. The van der Waals surface area contributed by atoms with Gasteiger partial charge in [0, 0.05) is 24.3 Å². The van der Waals surface area contributed by atoms with Crippen molar-refractivity contribution in [2.24, 2.45) is 5.92 Å². The van der Waals surface area contributed by atoms with E-state index in [0.29, 0.717) is 0 Å². The number of fused-ring (bicyclic) bond motifs is 1. The number of hydrogen-bond donors (Lipinski definition) is 2. The van der Waals surface area contributed by atoms with Crippen molar-refractivity contribution in [1.82, 2.24) is 10.3 Å². The summed E-state index contributed by atoms with van der Waals surface area (Å²) in [4.78, 5) is 16.2. The van der Waals surface area contributed by atoms with E-state index in [4.69, 9.17) is 0 Å². The minimum atomic E-state index is 0.0805. The molecule has 2 N–H and O–H groups in total. The van der Waals surface area contributed by atoms with Crippen LogP contribution >= 0.6 is 0 Å². The van der Waals surface area contributed by atoms with Crippen molar-refractivity contribution in [2.45, 2.75) is 6.42 Å². The van der Waals surface area contributed by atoms with E-state index >= 15 is 0 Å². The molecule has 1 amide bonds. The van der Waals surface area contributed by atoms with Crippen LogP contribution in [0.2, 0.25) is 0 Å². The Morgan fingerprint density at radius 3 is 3.17 bits per heavy atom. The summed E-state index contributed by atoms with van der Waals surface area (Å²) in [6.07, 6.45) is 4.46. The van der Waals surface area contributed by atoms with Gasteiger partial charge in [0.15, 0.2) is 0 Å². The smallest absolute Gasteiger partial charge is 0.228 e. The highest BCUT2D eigenvalue weighted by molar-refractivity contribution is 6.02. The van der Waals surface area contributed by atoms with E-state index < -0.39 is 0 Å². The second-order valence-corrected chi connectivity index (χ2v) is 4.58. The SMILES string of the molecule is O=C(Nc1cccc2ccncc12)C1CCNC1. The Morgan fingerprint density at radius 1 is 1.39 bits per heavy atom. The Hall–Kier alpha value is -1.94. The summed E-state index contributed by atoms with van der Waals surface area (Å²) in [6.45, 7) is 1.70. The van der Waals surface area contributed by atoms with E-state index in [9.17, 15) is 4.79 Å². The zero-order valence-electron chi connectivity index (χ0n) is 10.0. The van der Waals surface area contributed by atoms with Crippen LogP contribution in [0, 0.1) is 5.92 Å². The van der Waals surface area contributed by atoms with Crippen LogP contribution in [0.15, 0.2) is 36.7 Å². The molecule has 0 spiro atoms. The highest BCUT2D eigenvalue weighted by atomic mass is 16.1. The molecule has 92 valence electrons. The molecule has 3 rings (SSSR count). The summed E-state index contributed by atoms with van der Waals surface area (Å²) in [5, 5.41) is 8.29. The molecule has 1 aliphatic heterocycles. The van der Waals surface area contributed by atoms with Crippen LogP contribution in [0.4, 0.5) is 5.69 Å². The fraction of sp³-hybridized carbons (Fsp3) is 0.286. The molecular weight excluding hydrogens is 226 g/mol. The Balaban J connectivity index is 1.88. The third-order valence-corrected chi connectivity index (χ3v) is 3.37. The number of carbonyl (C=O) groups is 1. The Kier molecular flexibility index (Phi) is 2.94. The van der Waals surface area contributed by atoms with Crippen molar-refractivity contribution in [1.29, 1.82) is 0 Å². The first-order valence-corrected chi connectivity index (χ1v) is 6.19. The number of aromatic nitrogens is 1. The van der Waals surface area contributed by atoms with Gasteiger partial charge in [0.1, 0.15) is 0 Å². The molecule has 1 aromatic heterocycles. The van der Waals surface area contributed by atoms with E-state index in [-0.39, 0.29) is 11.8 Å². The second kappa shape index (κ2) is 4.74. The summed E-state index contributed by atoms with van der Waals surface area (Å²) >= 11 is 0. The number of pyridine rings is 1. The van der Waals surface area contributed by atoms with Gasteiger partial charge in [0.05, 0.1) is 11.6 Å². The molecule has 2 aromatic rings. The Bertz CT molecular complexity index is 571. The number of rotatable bonds is 2. The maximum Gasteiger partial charge on any atom is 0.228 e. The van der Waals surface area contributed by atoms with Gasteiger partial charge < -0.3 is 10.6 Å². The van der Waals surface area contributed by atoms with E-state index in [1.54, 1.807) is 12.4 Å². The Labute approximate surface area is 105 Å². The molecule has 4 nitrogen and oxygen atoms in total. The van der Waals surface area contributed by atoms with Crippen molar-refractivity contribution >= 4 is 22.4 Å². The van der Waals surface area contributed by atoms with Crippen LogP contribution in [0.5, 0.6) is 0 Å². The van der Waals surface area contributed by atoms with Gasteiger partial charge >= 0.3 is 0 Å². The zero-order valence-corrected chi connectivity index (χ0v) is 10.0. The molecule has 1 atom stereocenters. The molecular formula is C14H15N3O. The standard InChI is InChI=1S/C14H15N3O/c18-14(11-5-7-15-8-11)17-13-3-1-2-10-4-6-16-9-12(10)13/h1-4,6,9,11,15H,5,7-8H2,(H,17,18). The summed E-state index contributed by atoms with van der Waals surface area (Å²) in [5.74, 6) is 0.174. The van der Waals surface area contributed by atoms with Crippen LogP contribution < -0.4 is 10.6 Å². The normalized spacial score (nSPS) is 19.0. The van der Waals surface area contributed by atoms with Gasteiger partial charge in [-0.25, -0.2) is 0 Å². The lowest BCUT2D eigenvalue weighted by Gasteiger charge is -2.11. The van der Waals surface area contributed by atoms with Gasteiger partial charge in [-0.05, 0) is 30.5 Å². The van der Waals surface area contributed by atoms with Crippen LogP contribution in [0.3, 0.4) is 0 Å². The van der Waals surface area contributed by atoms with Gasteiger partial charge in [-0.1, -0.05) is 12.1 Å². The van der Waals surface area contributed by atoms with Gasteiger partial charge in [0.2, 0.25) is 5.91 Å². The number of anilines is 1. The molecule has 2 heterocycles. The van der Waals surface area contributed by atoms with Crippen LogP contribution in [0.1, 0.15) is 6.42 Å². The molecule has 0 bridgehead atoms. The lowest BCUT2D eigenvalue weighted by Crippen LogP contribution is -2.24. The highest BCUT2D eigenvalue weighted by Gasteiger charge is 2.22. The highest BCUT2D eigenvalue weighted by Crippen LogP contribution is 2.23. The van der Waals surface area contributed by atoms with Gasteiger partial charge in [0.25, 0.3) is 0 Å². The largest absolute Gasteiger partial charge is 0.325 e. The lowest BCUT2D eigenvalue weighted by molar-refractivity contribution is -0.119. The third-order valence-electron chi connectivity index (χ3n) is 3.37.